The van der Waals surface area contributed by atoms with Crippen molar-refractivity contribution in [3.63, 3.8) is 0 Å². The van der Waals surface area contributed by atoms with Gasteiger partial charge in [0.25, 0.3) is 0 Å². The Morgan fingerprint density at radius 3 is 2.79 bits per heavy atom. The topological polar surface area (TPSA) is 49.8 Å². The lowest BCUT2D eigenvalue weighted by atomic mass is 9.88. The molecule has 0 amide bonds. The summed E-state index contributed by atoms with van der Waals surface area (Å²) in [6.07, 6.45) is 6.55. The van der Waals surface area contributed by atoms with Gasteiger partial charge in [-0.1, -0.05) is 13.3 Å². The molecule has 2 heterocycles. The first-order chi connectivity index (χ1) is 9.11. The Morgan fingerprint density at radius 2 is 2.16 bits per heavy atom. The van der Waals surface area contributed by atoms with Gasteiger partial charge in [-0.25, -0.2) is 0 Å². The van der Waals surface area contributed by atoms with E-state index in [0.717, 1.165) is 45.3 Å². The summed E-state index contributed by atoms with van der Waals surface area (Å²) in [6.45, 7) is 6.18. The first kappa shape index (κ1) is 14.8. The molecule has 2 rings (SSSR count). The summed E-state index contributed by atoms with van der Waals surface area (Å²) in [7, 11) is 0. The molecule has 2 fully saturated rings. The first-order valence-corrected chi connectivity index (χ1v) is 7.72. The van der Waals surface area contributed by atoms with E-state index in [1.54, 1.807) is 0 Å². The molecule has 110 valence electrons. The minimum absolute atomic E-state index is 0.141. The summed E-state index contributed by atoms with van der Waals surface area (Å²) >= 11 is 0. The van der Waals surface area contributed by atoms with Crippen molar-refractivity contribution in [2.24, 2.45) is 5.92 Å². The molecule has 4 nitrogen and oxygen atoms in total. The number of carboxylic acid groups (broad SMARTS) is 1. The summed E-state index contributed by atoms with van der Waals surface area (Å²) in [5.74, 6) is -0.764. The number of likely N-dealkylation sites (tertiary alicyclic amines) is 1. The Kier molecular flexibility index (Phi) is 5.22. The Hall–Kier alpha value is -0.610. The molecule has 2 saturated heterocycles. The second-order valence-electron chi connectivity index (χ2n) is 6.11. The van der Waals surface area contributed by atoms with Gasteiger partial charge in [0, 0.05) is 18.7 Å². The van der Waals surface area contributed by atoms with Gasteiger partial charge < -0.3 is 9.84 Å². The SMILES string of the molecule is CCCC1CC(N2CCC(C(=O)O)CC2C)CCO1. The molecule has 19 heavy (non-hydrogen) atoms. The molecule has 0 aromatic carbocycles. The fraction of sp³-hybridized carbons (Fsp3) is 0.933. The monoisotopic (exact) mass is 269 g/mol. The van der Waals surface area contributed by atoms with Crippen LogP contribution >= 0.6 is 0 Å². The maximum Gasteiger partial charge on any atom is 0.306 e. The molecular weight excluding hydrogens is 242 g/mol. The number of ether oxygens (including phenoxy) is 1. The Labute approximate surface area is 116 Å². The van der Waals surface area contributed by atoms with E-state index in [1.807, 2.05) is 0 Å². The zero-order valence-electron chi connectivity index (χ0n) is 12.2. The van der Waals surface area contributed by atoms with Crippen molar-refractivity contribution >= 4 is 5.97 Å². The van der Waals surface area contributed by atoms with Crippen LogP contribution in [0.4, 0.5) is 0 Å². The molecule has 0 aromatic rings. The van der Waals surface area contributed by atoms with Crippen LogP contribution in [0.25, 0.3) is 0 Å². The molecule has 2 aliphatic rings. The Morgan fingerprint density at radius 1 is 1.37 bits per heavy atom. The van der Waals surface area contributed by atoms with Crippen LogP contribution in [0, 0.1) is 5.92 Å². The summed E-state index contributed by atoms with van der Waals surface area (Å²) < 4.78 is 5.81. The second-order valence-corrected chi connectivity index (χ2v) is 6.11. The molecule has 4 atom stereocenters. The number of piperidine rings is 1. The Bertz CT molecular complexity index is 306. The van der Waals surface area contributed by atoms with Crippen molar-refractivity contribution < 1.29 is 14.6 Å². The van der Waals surface area contributed by atoms with Crippen LogP contribution in [-0.2, 0) is 9.53 Å². The zero-order chi connectivity index (χ0) is 13.8. The van der Waals surface area contributed by atoms with Crippen molar-refractivity contribution in [1.29, 1.82) is 0 Å². The van der Waals surface area contributed by atoms with Gasteiger partial charge in [0.15, 0.2) is 0 Å². The van der Waals surface area contributed by atoms with Crippen molar-refractivity contribution in [1.82, 2.24) is 4.90 Å². The lowest BCUT2D eigenvalue weighted by Gasteiger charge is -2.44. The highest BCUT2D eigenvalue weighted by Gasteiger charge is 2.35. The predicted molar refractivity (Wildman–Crippen MR) is 74.2 cm³/mol. The second kappa shape index (κ2) is 6.71. The molecule has 0 saturated carbocycles. The van der Waals surface area contributed by atoms with Gasteiger partial charge in [-0.2, -0.15) is 0 Å². The molecule has 0 aliphatic carbocycles. The van der Waals surface area contributed by atoms with Gasteiger partial charge in [-0.05, 0) is 45.6 Å². The highest BCUT2D eigenvalue weighted by molar-refractivity contribution is 5.70. The third-order valence-corrected chi connectivity index (χ3v) is 4.70. The summed E-state index contributed by atoms with van der Waals surface area (Å²) in [5, 5.41) is 9.13. The lowest BCUT2D eigenvalue weighted by molar-refractivity contribution is -0.145. The largest absolute Gasteiger partial charge is 0.481 e. The van der Waals surface area contributed by atoms with E-state index in [9.17, 15) is 4.79 Å². The van der Waals surface area contributed by atoms with Crippen LogP contribution in [-0.4, -0.2) is 47.3 Å². The summed E-state index contributed by atoms with van der Waals surface area (Å²) in [4.78, 5) is 13.6. The third-order valence-electron chi connectivity index (χ3n) is 4.70. The maximum atomic E-state index is 11.1. The van der Waals surface area contributed by atoms with E-state index < -0.39 is 5.97 Å². The quantitative estimate of drug-likeness (QED) is 0.852. The average molecular weight is 269 g/mol. The zero-order valence-corrected chi connectivity index (χ0v) is 12.2. The van der Waals surface area contributed by atoms with E-state index in [1.165, 1.54) is 6.42 Å². The first-order valence-electron chi connectivity index (χ1n) is 7.72. The van der Waals surface area contributed by atoms with E-state index in [2.05, 4.69) is 18.7 Å². The van der Waals surface area contributed by atoms with Crippen molar-refractivity contribution in [3.05, 3.63) is 0 Å². The van der Waals surface area contributed by atoms with Crippen molar-refractivity contribution in [3.8, 4) is 0 Å². The van der Waals surface area contributed by atoms with Crippen LogP contribution in [0.5, 0.6) is 0 Å². The molecule has 4 heteroatoms. The molecule has 0 spiro atoms. The number of hydrogen-bond donors (Lipinski definition) is 1. The predicted octanol–water partition coefficient (Wildman–Crippen LogP) is 2.52. The van der Waals surface area contributed by atoms with E-state index in [-0.39, 0.29) is 5.92 Å². The average Bonchev–Trinajstić information content (AvgIpc) is 2.39. The number of carbonyl (C=O) groups is 1. The van der Waals surface area contributed by atoms with E-state index in [0.29, 0.717) is 18.2 Å². The number of rotatable bonds is 4. The normalized spacial score (nSPS) is 37.2. The van der Waals surface area contributed by atoms with Gasteiger partial charge in [0.1, 0.15) is 0 Å². The molecule has 0 radical (unpaired) electrons. The smallest absolute Gasteiger partial charge is 0.306 e. The lowest BCUT2D eigenvalue weighted by Crippen LogP contribution is -2.51. The Balaban J connectivity index is 1.89. The van der Waals surface area contributed by atoms with Gasteiger partial charge in [0.05, 0.1) is 12.0 Å². The van der Waals surface area contributed by atoms with Gasteiger partial charge in [-0.3, -0.25) is 9.69 Å². The van der Waals surface area contributed by atoms with Gasteiger partial charge in [0.2, 0.25) is 0 Å². The van der Waals surface area contributed by atoms with Crippen LogP contribution in [0.3, 0.4) is 0 Å². The number of carboxylic acids is 1. The fourth-order valence-corrected chi connectivity index (χ4v) is 3.64. The molecule has 0 bridgehead atoms. The fourth-order valence-electron chi connectivity index (χ4n) is 3.64. The van der Waals surface area contributed by atoms with Gasteiger partial charge >= 0.3 is 5.97 Å². The van der Waals surface area contributed by atoms with E-state index in [4.69, 9.17) is 9.84 Å². The van der Waals surface area contributed by atoms with Crippen molar-refractivity contribution in [2.45, 2.75) is 70.6 Å². The molecule has 4 unspecified atom stereocenters. The summed E-state index contributed by atoms with van der Waals surface area (Å²) in [5.41, 5.74) is 0. The van der Waals surface area contributed by atoms with Crippen LogP contribution < -0.4 is 0 Å². The standard InChI is InChI=1S/C15H27NO3/c1-3-4-14-10-13(6-8-19-14)16-7-5-12(15(17)18)9-11(16)2/h11-14H,3-10H2,1-2H3,(H,17,18). The molecule has 0 aromatic heterocycles. The number of hydrogen-bond acceptors (Lipinski definition) is 3. The van der Waals surface area contributed by atoms with Crippen molar-refractivity contribution in [2.75, 3.05) is 13.2 Å². The molecule has 2 aliphatic heterocycles. The highest BCUT2D eigenvalue weighted by atomic mass is 16.5. The minimum atomic E-state index is -0.623. The third kappa shape index (κ3) is 3.69. The molecular formula is C15H27NO3. The number of aliphatic carboxylic acids is 1. The highest BCUT2D eigenvalue weighted by Crippen LogP contribution is 2.30. The van der Waals surface area contributed by atoms with Gasteiger partial charge in [-0.15, -0.1) is 0 Å². The number of nitrogens with zero attached hydrogens (tertiary/aromatic N) is 1. The minimum Gasteiger partial charge on any atom is -0.481 e. The maximum absolute atomic E-state index is 11.1. The van der Waals surface area contributed by atoms with Crippen LogP contribution in [0.1, 0.15) is 52.4 Å². The van der Waals surface area contributed by atoms with Crippen LogP contribution in [0.15, 0.2) is 0 Å². The van der Waals surface area contributed by atoms with E-state index >= 15 is 0 Å². The summed E-state index contributed by atoms with van der Waals surface area (Å²) in [6, 6.07) is 0.982. The molecule has 1 N–H and O–H groups in total. The van der Waals surface area contributed by atoms with Crippen LogP contribution in [0.2, 0.25) is 0 Å².